The Balaban J connectivity index is 2.98. The Kier molecular flexibility index (Phi) is 5.01. The second-order valence-electron chi connectivity index (χ2n) is 4.16. The van der Waals surface area contributed by atoms with Gasteiger partial charge in [0.15, 0.2) is 0 Å². The molecule has 1 rings (SSSR count). The molecule has 0 aliphatic rings. The predicted molar refractivity (Wildman–Crippen MR) is 67.2 cm³/mol. The number of hydrogen-bond acceptors (Lipinski definition) is 2. The molecule has 2 nitrogen and oxygen atoms in total. The molecule has 1 aromatic carbocycles. The van der Waals surface area contributed by atoms with Crippen molar-refractivity contribution in [2.24, 2.45) is 0 Å². The van der Waals surface area contributed by atoms with Gasteiger partial charge in [-0.25, -0.2) is 0 Å². The summed E-state index contributed by atoms with van der Waals surface area (Å²) in [5.74, 6) is 0. The Morgan fingerprint density at radius 3 is 2.44 bits per heavy atom. The van der Waals surface area contributed by atoms with E-state index in [1.54, 1.807) is 0 Å². The summed E-state index contributed by atoms with van der Waals surface area (Å²) < 4.78 is 0. The zero-order valence-electron chi connectivity index (χ0n) is 10.2. The smallest absolute Gasteiger partial charge is 0.0834 e. The molecule has 0 aromatic heterocycles. The largest absolute Gasteiger partial charge is 0.320 e. The van der Waals surface area contributed by atoms with E-state index in [0.717, 1.165) is 31.4 Å². The van der Waals surface area contributed by atoms with E-state index in [1.165, 1.54) is 0 Å². The normalized spacial score (nSPS) is 14.1. The highest BCUT2D eigenvalue weighted by Crippen LogP contribution is 2.32. The lowest BCUT2D eigenvalue weighted by Crippen LogP contribution is -2.28. The zero-order chi connectivity index (χ0) is 11.9. The van der Waals surface area contributed by atoms with Crippen LogP contribution in [0.4, 0.5) is 0 Å². The molecule has 0 saturated carbocycles. The van der Waals surface area contributed by atoms with E-state index in [2.05, 4.69) is 30.4 Å². The minimum absolute atomic E-state index is 0.320. The highest BCUT2D eigenvalue weighted by Gasteiger charge is 2.30. The van der Waals surface area contributed by atoms with Crippen LogP contribution in [0, 0.1) is 11.3 Å². The predicted octanol–water partition coefficient (Wildman–Crippen LogP) is 2.86. The van der Waals surface area contributed by atoms with Crippen LogP contribution in [-0.4, -0.2) is 13.6 Å². The SMILES string of the molecule is CCC[C@](C#N)(CCNC)c1ccccc1. The van der Waals surface area contributed by atoms with Crippen LogP contribution in [0.3, 0.4) is 0 Å². The molecule has 2 heteroatoms. The first-order valence-electron chi connectivity index (χ1n) is 5.90. The van der Waals surface area contributed by atoms with Crippen molar-refractivity contribution in [1.82, 2.24) is 5.32 Å². The molecule has 0 unspecified atom stereocenters. The van der Waals surface area contributed by atoms with Gasteiger partial charge in [-0.05, 0) is 32.0 Å². The van der Waals surface area contributed by atoms with Crippen LogP contribution >= 0.6 is 0 Å². The van der Waals surface area contributed by atoms with E-state index in [9.17, 15) is 5.26 Å². The number of nitriles is 1. The molecule has 0 aliphatic carbocycles. The first-order chi connectivity index (χ1) is 7.79. The topological polar surface area (TPSA) is 35.8 Å². The van der Waals surface area contributed by atoms with Gasteiger partial charge in [0, 0.05) is 0 Å². The molecule has 0 spiro atoms. The van der Waals surface area contributed by atoms with Crippen molar-refractivity contribution in [3.8, 4) is 6.07 Å². The van der Waals surface area contributed by atoms with Gasteiger partial charge in [-0.15, -0.1) is 0 Å². The lowest BCUT2D eigenvalue weighted by molar-refractivity contribution is 0.450. The standard InChI is InChI=1S/C14H20N2/c1-3-9-14(12-15,10-11-16-2)13-7-5-4-6-8-13/h4-8,16H,3,9-11H2,1-2H3/t14-/m1/s1. The first kappa shape index (κ1) is 12.7. The van der Waals surface area contributed by atoms with Crippen molar-refractivity contribution in [2.45, 2.75) is 31.6 Å². The highest BCUT2D eigenvalue weighted by atomic mass is 14.8. The van der Waals surface area contributed by atoms with E-state index in [-0.39, 0.29) is 5.41 Å². The Morgan fingerprint density at radius 2 is 1.94 bits per heavy atom. The lowest BCUT2D eigenvalue weighted by atomic mass is 9.75. The van der Waals surface area contributed by atoms with Crippen molar-refractivity contribution < 1.29 is 0 Å². The number of rotatable bonds is 6. The van der Waals surface area contributed by atoms with Crippen molar-refractivity contribution in [3.05, 3.63) is 35.9 Å². The highest BCUT2D eigenvalue weighted by molar-refractivity contribution is 5.32. The molecule has 0 bridgehead atoms. The van der Waals surface area contributed by atoms with E-state index in [1.807, 2.05) is 25.2 Å². The average Bonchev–Trinajstić information content (AvgIpc) is 2.36. The molecule has 0 fully saturated rings. The van der Waals surface area contributed by atoms with Gasteiger partial charge in [0.05, 0.1) is 11.5 Å². The minimum atomic E-state index is -0.320. The molecule has 0 saturated heterocycles. The Morgan fingerprint density at radius 1 is 1.25 bits per heavy atom. The number of nitrogens with zero attached hydrogens (tertiary/aromatic N) is 1. The molecule has 1 atom stereocenters. The fraction of sp³-hybridized carbons (Fsp3) is 0.500. The Labute approximate surface area is 98.3 Å². The molecule has 86 valence electrons. The second-order valence-corrected chi connectivity index (χ2v) is 4.16. The van der Waals surface area contributed by atoms with Gasteiger partial charge in [0.1, 0.15) is 0 Å². The number of benzene rings is 1. The van der Waals surface area contributed by atoms with Gasteiger partial charge in [0.2, 0.25) is 0 Å². The molecule has 0 heterocycles. The van der Waals surface area contributed by atoms with Crippen molar-refractivity contribution in [1.29, 1.82) is 5.26 Å². The van der Waals surface area contributed by atoms with Crippen molar-refractivity contribution in [3.63, 3.8) is 0 Å². The molecule has 0 aliphatic heterocycles. The summed E-state index contributed by atoms with van der Waals surface area (Å²) in [6, 6.07) is 12.7. The number of nitrogens with one attached hydrogen (secondary N) is 1. The third kappa shape index (κ3) is 2.84. The second kappa shape index (κ2) is 6.30. The Hall–Kier alpha value is -1.33. The maximum atomic E-state index is 9.51. The molecular formula is C14H20N2. The van der Waals surface area contributed by atoms with Gasteiger partial charge in [-0.3, -0.25) is 0 Å². The molecule has 0 radical (unpaired) electrons. The van der Waals surface area contributed by atoms with Gasteiger partial charge in [-0.2, -0.15) is 5.26 Å². The van der Waals surface area contributed by atoms with Gasteiger partial charge in [-0.1, -0.05) is 43.7 Å². The summed E-state index contributed by atoms with van der Waals surface area (Å²) in [6.45, 7) is 3.01. The maximum absolute atomic E-state index is 9.51. The van der Waals surface area contributed by atoms with Crippen LogP contribution in [0.25, 0.3) is 0 Å². The van der Waals surface area contributed by atoms with Crippen LogP contribution in [-0.2, 0) is 5.41 Å². The summed E-state index contributed by atoms with van der Waals surface area (Å²) in [4.78, 5) is 0. The molecule has 0 amide bonds. The van der Waals surface area contributed by atoms with Crippen LogP contribution < -0.4 is 5.32 Å². The van der Waals surface area contributed by atoms with Gasteiger partial charge >= 0.3 is 0 Å². The summed E-state index contributed by atoms with van der Waals surface area (Å²) in [7, 11) is 1.93. The van der Waals surface area contributed by atoms with Gasteiger partial charge < -0.3 is 5.32 Å². The summed E-state index contributed by atoms with van der Waals surface area (Å²) in [5, 5.41) is 12.6. The van der Waals surface area contributed by atoms with E-state index < -0.39 is 0 Å². The van der Waals surface area contributed by atoms with E-state index >= 15 is 0 Å². The fourth-order valence-electron chi connectivity index (χ4n) is 2.11. The lowest BCUT2D eigenvalue weighted by Gasteiger charge is -2.26. The third-order valence-electron chi connectivity index (χ3n) is 3.02. The number of hydrogen-bond donors (Lipinski definition) is 1. The van der Waals surface area contributed by atoms with Crippen LogP contribution in [0.2, 0.25) is 0 Å². The summed E-state index contributed by atoms with van der Waals surface area (Å²) in [6.07, 6.45) is 2.83. The molecule has 1 aromatic rings. The van der Waals surface area contributed by atoms with Crippen LogP contribution in [0.1, 0.15) is 31.7 Å². The molecule has 16 heavy (non-hydrogen) atoms. The van der Waals surface area contributed by atoms with Gasteiger partial charge in [0.25, 0.3) is 0 Å². The minimum Gasteiger partial charge on any atom is -0.320 e. The van der Waals surface area contributed by atoms with Crippen molar-refractivity contribution in [2.75, 3.05) is 13.6 Å². The Bertz CT molecular complexity index is 340. The average molecular weight is 216 g/mol. The maximum Gasteiger partial charge on any atom is 0.0834 e. The summed E-state index contributed by atoms with van der Waals surface area (Å²) >= 11 is 0. The quantitative estimate of drug-likeness (QED) is 0.793. The first-order valence-corrected chi connectivity index (χ1v) is 5.90. The van der Waals surface area contributed by atoms with E-state index in [0.29, 0.717) is 0 Å². The van der Waals surface area contributed by atoms with Crippen LogP contribution in [0.15, 0.2) is 30.3 Å². The molecule has 1 N–H and O–H groups in total. The third-order valence-corrected chi connectivity index (χ3v) is 3.02. The van der Waals surface area contributed by atoms with E-state index in [4.69, 9.17) is 0 Å². The van der Waals surface area contributed by atoms with Crippen LogP contribution in [0.5, 0.6) is 0 Å². The monoisotopic (exact) mass is 216 g/mol. The zero-order valence-corrected chi connectivity index (χ0v) is 10.2. The summed E-state index contributed by atoms with van der Waals surface area (Å²) in [5.41, 5.74) is 0.827. The fourth-order valence-corrected chi connectivity index (χ4v) is 2.11. The van der Waals surface area contributed by atoms with Crippen molar-refractivity contribution >= 4 is 0 Å². The molecular weight excluding hydrogens is 196 g/mol.